The van der Waals surface area contributed by atoms with Gasteiger partial charge in [-0.3, -0.25) is 14.4 Å². The highest BCUT2D eigenvalue weighted by Crippen LogP contribution is 2.17. The number of hydrogen-bond acceptors (Lipinski definition) is 6. The molecular formula is C70H118O6. The third-order valence-corrected chi connectivity index (χ3v) is 13.5. The van der Waals surface area contributed by atoms with Gasteiger partial charge in [0.15, 0.2) is 6.10 Å². The summed E-state index contributed by atoms with van der Waals surface area (Å²) < 4.78 is 16.8. The summed E-state index contributed by atoms with van der Waals surface area (Å²) in [5.74, 6) is -0.925. The van der Waals surface area contributed by atoms with Crippen LogP contribution in [0.25, 0.3) is 0 Å². The van der Waals surface area contributed by atoms with Crippen LogP contribution in [0.1, 0.15) is 297 Å². The highest BCUT2D eigenvalue weighted by Gasteiger charge is 2.19. The predicted molar refractivity (Wildman–Crippen MR) is 330 cm³/mol. The molecule has 0 saturated heterocycles. The molecule has 0 aromatic rings. The molecule has 0 rings (SSSR count). The zero-order valence-electron chi connectivity index (χ0n) is 49.7. The highest BCUT2D eigenvalue weighted by atomic mass is 16.6. The van der Waals surface area contributed by atoms with Gasteiger partial charge < -0.3 is 14.2 Å². The summed E-state index contributed by atoms with van der Waals surface area (Å²) in [6.07, 6.45) is 87.2. The Morgan fingerprint density at radius 2 is 0.513 bits per heavy atom. The fourth-order valence-corrected chi connectivity index (χ4v) is 8.81. The van der Waals surface area contributed by atoms with Crippen molar-refractivity contribution in [3.8, 4) is 0 Å². The highest BCUT2D eigenvalue weighted by molar-refractivity contribution is 5.71. The van der Waals surface area contributed by atoms with Gasteiger partial charge >= 0.3 is 17.9 Å². The van der Waals surface area contributed by atoms with E-state index in [0.717, 1.165) is 122 Å². The van der Waals surface area contributed by atoms with E-state index < -0.39 is 6.10 Å². The van der Waals surface area contributed by atoms with Crippen LogP contribution < -0.4 is 0 Å². The van der Waals surface area contributed by atoms with Crippen LogP contribution in [0, 0.1) is 0 Å². The van der Waals surface area contributed by atoms with E-state index in [2.05, 4.69) is 130 Å². The molecule has 76 heavy (non-hydrogen) atoms. The number of unbranched alkanes of at least 4 members (excludes halogenated alkanes) is 28. The Morgan fingerprint density at radius 3 is 0.816 bits per heavy atom. The minimum atomic E-state index is -0.792. The van der Waals surface area contributed by atoms with Gasteiger partial charge in [0.1, 0.15) is 13.2 Å². The normalized spacial score (nSPS) is 12.8. The summed E-state index contributed by atoms with van der Waals surface area (Å²) in [6.45, 7) is 6.34. The van der Waals surface area contributed by atoms with Gasteiger partial charge in [-0.2, -0.15) is 0 Å². The van der Waals surface area contributed by atoms with Gasteiger partial charge in [0.05, 0.1) is 0 Å². The molecule has 0 aliphatic rings. The molecule has 0 saturated carbocycles. The van der Waals surface area contributed by atoms with Crippen LogP contribution in [0.5, 0.6) is 0 Å². The third kappa shape index (κ3) is 60.9. The lowest BCUT2D eigenvalue weighted by molar-refractivity contribution is -0.167. The summed E-state index contributed by atoms with van der Waals surface area (Å²) in [4.78, 5) is 38.0. The molecule has 0 amide bonds. The molecule has 0 fully saturated rings. The quantitative estimate of drug-likeness (QED) is 0.0261. The molecule has 0 radical (unpaired) electrons. The Morgan fingerprint density at radius 1 is 0.276 bits per heavy atom. The number of esters is 3. The summed E-state index contributed by atoms with van der Waals surface area (Å²) in [6, 6.07) is 0. The van der Waals surface area contributed by atoms with Gasteiger partial charge in [-0.05, 0) is 103 Å². The topological polar surface area (TPSA) is 78.9 Å². The van der Waals surface area contributed by atoms with Crippen LogP contribution in [0.15, 0.2) is 109 Å². The monoisotopic (exact) mass is 1050 g/mol. The third-order valence-electron chi connectivity index (χ3n) is 13.5. The van der Waals surface area contributed by atoms with E-state index in [1.54, 1.807) is 0 Å². The first-order valence-corrected chi connectivity index (χ1v) is 31.9. The standard InChI is InChI=1S/C70H118O6/c1-4-7-10-13-16-18-20-22-24-26-28-29-30-31-32-33-34-35-36-37-38-39-40-41-43-44-46-48-50-52-54-57-60-63-69(72)75-66-67(65-74-68(71)62-59-56-15-12-9-6-3)76-70(73)64-61-58-55-53-51-49-47-45-42-27-25-23-21-19-17-14-11-8-5-2/h7-8,10-11,16-19,22-25,28-29,42,45,49,51,67H,4-6,9,12-15,20-21,26-27,30-41,43-44,46-48,50,52-66H2,1-3H3/b10-7-,11-8-,18-16-,19-17-,24-22-,25-23-,29-28-,45-42-,51-49-. The lowest BCUT2D eigenvalue weighted by Crippen LogP contribution is -2.30. The summed E-state index contributed by atoms with van der Waals surface area (Å²) in [5, 5.41) is 0. The second kappa shape index (κ2) is 63.6. The van der Waals surface area contributed by atoms with E-state index in [-0.39, 0.29) is 37.5 Å². The fourth-order valence-electron chi connectivity index (χ4n) is 8.81. The summed E-state index contributed by atoms with van der Waals surface area (Å²) >= 11 is 0. The molecule has 1 atom stereocenters. The average Bonchev–Trinajstić information content (AvgIpc) is 3.42. The number of carbonyl (C=O) groups excluding carboxylic acids is 3. The van der Waals surface area contributed by atoms with Crippen molar-refractivity contribution in [2.24, 2.45) is 0 Å². The van der Waals surface area contributed by atoms with Crippen molar-refractivity contribution >= 4 is 17.9 Å². The van der Waals surface area contributed by atoms with E-state index in [9.17, 15) is 14.4 Å². The zero-order valence-corrected chi connectivity index (χ0v) is 49.7. The minimum absolute atomic E-state index is 0.0890. The number of allylic oxidation sites excluding steroid dienone is 18. The molecule has 0 aromatic carbocycles. The molecule has 6 heteroatoms. The largest absolute Gasteiger partial charge is 0.462 e. The molecule has 0 aliphatic carbocycles. The molecule has 6 nitrogen and oxygen atoms in total. The molecular weight excluding hydrogens is 937 g/mol. The SMILES string of the molecule is CC/C=C\C/C=C\C/C=C\C/C=C\C/C=C\CCCCCC(=O)OC(COC(=O)CCCCCCCC)COC(=O)CCCCCCCCCCCCCCCCCCCCCC/C=C\C/C=C\C/C=C\C/C=C\CC. The summed E-state index contributed by atoms with van der Waals surface area (Å²) in [7, 11) is 0. The number of ether oxygens (including phenoxy) is 3. The lowest BCUT2D eigenvalue weighted by Gasteiger charge is -2.18. The first kappa shape index (κ1) is 72.1. The Hall–Kier alpha value is -3.93. The van der Waals surface area contributed by atoms with E-state index in [0.29, 0.717) is 12.8 Å². The number of hydrogen-bond donors (Lipinski definition) is 0. The van der Waals surface area contributed by atoms with E-state index >= 15 is 0 Å². The van der Waals surface area contributed by atoms with Gasteiger partial charge in [-0.25, -0.2) is 0 Å². The van der Waals surface area contributed by atoms with Crippen LogP contribution in [-0.2, 0) is 28.6 Å². The molecule has 0 bridgehead atoms. The fraction of sp³-hybridized carbons (Fsp3) is 0.700. The van der Waals surface area contributed by atoms with Gasteiger partial charge in [0.2, 0.25) is 0 Å². The molecule has 1 unspecified atom stereocenters. The van der Waals surface area contributed by atoms with Crippen molar-refractivity contribution in [3.05, 3.63) is 109 Å². The van der Waals surface area contributed by atoms with Crippen LogP contribution >= 0.6 is 0 Å². The van der Waals surface area contributed by atoms with Crippen molar-refractivity contribution in [1.82, 2.24) is 0 Å². The first-order valence-electron chi connectivity index (χ1n) is 31.9. The zero-order chi connectivity index (χ0) is 55.0. The number of carbonyl (C=O) groups is 3. The van der Waals surface area contributed by atoms with Gasteiger partial charge in [0, 0.05) is 19.3 Å². The molecule has 0 aliphatic heterocycles. The average molecular weight is 1060 g/mol. The van der Waals surface area contributed by atoms with Gasteiger partial charge in [0.25, 0.3) is 0 Å². The summed E-state index contributed by atoms with van der Waals surface area (Å²) in [5.41, 5.74) is 0. The minimum Gasteiger partial charge on any atom is -0.462 e. The second-order valence-corrected chi connectivity index (χ2v) is 20.9. The predicted octanol–water partition coefficient (Wildman–Crippen LogP) is 21.8. The Bertz CT molecular complexity index is 1540. The van der Waals surface area contributed by atoms with Crippen molar-refractivity contribution < 1.29 is 28.6 Å². The molecule has 0 spiro atoms. The van der Waals surface area contributed by atoms with E-state index in [4.69, 9.17) is 14.2 Å². The molecule has 0 heterocycles. The van der Waals surface area contributed by atoms with Gasteiger partial charge in [-0.1, -0.05) is 284 Å². The van der Waals surface area contributed by atoms with Crippen LogP contribution in [0.3, 0.4) is 0 Å². The number of rotatable bonds is 57. The second-order valence-electron chi connectivity index (χ2n) is 20.9. The maximum Gasteiger partial charge on any atom is 0.306 e. The molecule has 0 aromatic heterocycles. The Balaban J connectivity index is 4.03. The smallest absolute Gasteiger partial charge is 0.306 e. The van der Waals surface area contributed by atoms with E-state index in [1.165, 1.54) is 135 Å². The van der Waals surface area contributed by atoms with Crippen molar-refractivity contribution in [2.75, 3.05) is 13.2 Å². The van der Waals surface area contributed by atoms with Crippen molar-refractivity contribution in [2.45, 2.75) is 303 Å². The Kier molecular flexibility index (Phi) is 60.3. The molecule has 0 N–H and O–H groups in total. The van der Waals surface area contributed by atoms with Gasteiger partial charge in [-0.15, -0.1) is 0 Å². The van der Waals surface area contributed by atoms with Crippen LogP contribution in [0.2, 0.25) is 0 Å². The van der Waals surface area contributed by atoms with Crippen LogP contribution in [0.4, 0.5) is 0 Å². The molecule has 434 valence electrons. The first-order chi connectivity index (χ1) is 37.5. The van der Waals surface area contributed by atoms with Crippen molar-refractivity contribution in [1.29, 1.82) is 0 Å². The van der Waals surface area contributed by atoms with E-state index in [1.807, 2.05) is 0 Å². The van der Waals surface area contributed by atoms with Crippen molar-refractivity contribution in [3.63, 3.8) is 0 Å². The van der Waals surface area contributed by atoms with Crippen LogP contribution in [-0.4, -0.2) is 37.2 Å². The Labute approximate surface area is 470 Å². The lowest BCUT2D eigenvalue weighted by atomic mass is 10.0. The maximum atomic E-state index is 12.8. The maximum absolute atomic E-state index is 12.8.